The molecule has 4 aromatic rings. The molecule has 0 saturated carbocycles. The molecule has 0 aliphatic carbocycles. The van der Waals surface area contributed by atoms with E-state index in [0.717, 1.165) is 16.8 Å². The van der Waals surface area contributed by atoms with E-state index in [1.54, 1.807) is 12.1 Å². The van der Waals surface area contributed by atoms with Crippen LogP contribution in [0.2, 0.25) is 0 Å². The molecule has 0 saturated heterocycles. The molecule has 0 fully saturated rings. The van der Waals surface area contributed by atoms with Crippen molar-refractivity contribution in [3.8, 4) is 5.75 Å². The average Bonchev–Trinajstić information content (AvgIpc) is 2.77. The minimum atomic E-state index is -0.399. The summed E-state index contributed by atoms with van der Waals surface area (Å²) in [6, 6.07) is 28.4. The lowest BCUT2D eigenvalue weighted by Gasteiger charge is -2.44. The molecule has 0 aliphatic rings. The van der Waals surface area contributed by atoms with E-state index in [1.165, 1.54) is 12.1 Å². The molecule has 4 rings (SSSR count). The summed E-state index contributed by atoms with van der Waals surface area (Å²) in [5.41, 5.74) is 2.20. The van der Waals surface area contributed by atoms with Crippen molar-refractivity contribution in [2.45, 2.75) is 32.9 Å². The van der Waals surface area contributed by atoms with Gasteiger partial charge in [0.1, 0.15) is 11.4 Å². The lowest BCUT2D eigenvalue weighted by Crippen LogP contribution is -2.60. The van der Waals surface area contributed by atoms with E-state index < -0.39 is 5.54 Å². The standard InChI is InChI=1S/C27H27FNO2/c1-27(2,3)29(23-10-6-4-7-11-23,24-12-8-5-9-13-24)31-26-17-20(19-30)16-21-18-22(28)14-15-25(21)26/h4-18,30H,19H2,1-3H3/q+1. The number of hydrogen-bond donors (Lipinski definition) is 1. The average molecular weight is 417 g/mol. The molecule has 1 N–H and O–H groups in total. The number of para-hydroxylation sites is 2. The van der Waals surface area contributed by atoms with Gasteiger partial charge in [-0.25, -0.2) is 4.39 Å². The van der Waals surface area contributed by atoms with Gasteiger partial charge in [0.05, 0.1) is 6.61 Å². The fraction of sp³-hybridized carbons (Fsp3) is 0.185. The molecule has 0 amide bonds. The Morgan fingerprint density at radius 2 is 1.39 bits per heavy atom. The van der Waals surface area contributed by atoms with E-state index in [0.29, 0.717) is 16.7 Å². The van der Waals surface area contributed by atoms with Gasteiger partial charge in [-0.1, -0.05) is 41.0 Å². The third-order valence-corrected chi connectivity index (χ3v) is 5.54. The minimum absolute atomic E-state index is 0.0933. The largest absolute Gasteiger partial charge is 0.392 e. The molecule has 0 bridgehead atoms. The van der Waals surface area contributed by atoms with Gasteiger partial charge >= 0.3 is 0 Å². The van der Waals surface area contributed by atoms with Crippen LogP contribution < -0.4 is 9.48 Å². The number of hydroxylamine groups is 1. The second-order valence-electron chi connectivity index (χ2n) is 8.66. The summed E-state index contributed by atoms with van der Waals surface area (Å²) in [5, 5.41) is 11.3. The molecule has 0 atom stereocenters. The molecule has 4 aromatic carbocycles. The fourth-order valence-electron chi connectivity index (χ4n) is 4.12. The van der Waals surface area contributed by atoms with Crippen molar-refractivity contribution in [3.05, 3.63) is 102 Å². The predicted octanol–water partition coefficient (Wildman–Crippen LogP) is 6.90. The first-order valence-electron chi connectivity index (χ1n) is 10.4. The predicted molar refractivity (Wildman–Crippen MR) is 125 cm³/mol. The number of quaternary nitrogens is 1. The molecule has 0 spiro atoms. The first-order valence-corrected chi connectivity index (χ1v) is 10.4. The van der Waals surface area contributed by atoms with E-state index >= 15 is 0 Å². The van der Waals surface area contributed by atoms with Crippen molar-refractivity contribution in [1.82, 2.24) is 4.65 Å². The lowest BCUT2D eigenvalue weighted by atomic mass is 10.0. The summed E-state index contributed by atoms with van der Waals surface area (Å²) < 4.78 is 14.0. The summed E-state index contributed by atoms with van der Waals surface area (Å²) >= 11 is 0. The van der Waals surface area contributed by atoms with Crippen LogP contribution in [0.15, 0.2) is 91.0 Å². The highest BCUT2D eigenvalue weighted by molar-refractivity contribution is 5.89. The lowest BCUT2D eigenvalue weighted by molar-refractivity contribution is -0.0606. The second-order valence-corrected chi connectivity index (χ2v) is 8.66. The Morgan fingerprint density at radius 3 is 1.90 bits per heavy atom. The quantitative estimate of drug-likeness (QED) is 0.283. The van der Waals surface area contributed by atoms with Crippen molar-refractivity contribution in [2.75, 3.05) is 0 Å². The molecule has 0 heterocycles. The molecular formula is C27H27FNO2+. The number of nitrogens with zero attached hydrogens (tertiary/aromatic N) is 1. The first-order chi connectivity index (χ1) is 14.8. The number of rotatable bonds is 5. The number of fused-ring (bicyclic) bond motifs is 1. The van der Waals surface area contributed by atoms with Gasteiger partial charge in [-0.15, -0.1) is 0 Å². The smallest absolute Gasteiger partial charge is 0.199 e. The molecule has 0 aliphatic heterocycles. The Bertz CT molecular complexity index is 1140. The summed E-state index contributed by atoms with van der Waals surface area (Å²) in [7, 11) is 0. The number of aliphatic hydroxyl groups excluding tert-OH is 1. The number of hydrogen-bond acceptors (Lipinski definition) is 2. The van der Waals surface area contributed by atoms with Crippen LogP contribution in [-0.4, -0.2) is 10.6 Å². The highest BCUT2D eigenvalue weighted by Crippen LogP contribution is 2.45. The summed E-state index contributed by atoms with van der Waals surface area (Å²) in [6.07, 6.45) is 0. The van der Waals surface area contributed by atoms with Gasteiger partial charge in [-0.05, 0) is 62.1 Å². The zero-order valence-corrected chi connectivity index (χ0v) is 18.0. The SMILES string of the molecule is CC(C)(C)[N+](Oc1cc(CO)cc2cc(F)ccc12)(c1ccccc1)c1ccccc1. The third kappa shape index (κ3) is 3.80. The maximum atomic E-state index is 14.0. The Hall–Kier alpha value is -3.21. The van der Waals surface area contributed by atoms with E-state index in [9.17, 15) is 9.50 Å². The van der Waals surface area contributed by atoms with Crippen molar-refractivity contribution < 1.29 is 14.3 Å². The highest BCUT2D eigenvalue weighted by Gasteiger charge is 2.49. The van der Waals surface area contributed by atoms with Crippen LogP contribution in [0.4, 0.5) is 15.8 Å². The zero-order chi connectivity index (χ0) is 22.1. The van der Waals surface area contributed by atoms with Crippen molar-refractivity contribution in [1.29, 1.82) is 0 Å². The van der Waals surface area contributed by atoms with Crippen molar-refractivity contribution in [2.24, 2.45) is 0 Å². The van der Waals surface area contributed by atoms with E-state index in [1.807, 2.05) is 42.5 Å². The Kier molecular flexibility index (Phi) is 5.52. The van der Waals surface area contributed by atoms with Gasteiger partial charge in [0, 0.05) is 29.7 Å². The highest BCUT2D eigenvalue weighted by atomic mass is 19.1. The van der Waals surface area contributed by atoms with Crippen LogP contribution >= 0.6 is 0 Å². The second kappa shape index (κ2) is 8.14. The van der Waals surface area contributed by atoms with Gasteiger partial charge in [-0.2, -0.15) is 0 Å². The monoisotopic (exact) mass is 416 g/mol. The summed E-state index contributed by atoms with van der Waals surface area (Å²) in [6.45, 7) is 6.23. The van der Waals surface area contributed by atoms with Crippen LogP contribution in [0.3, 0.4) is 0 Å². The number of benzene rings is 4. The maximum absolute atomic E-state index is 14.0. The van der Waals surface area contributed by atoms with E-state index in [2.05, 4.69) is 45.0 Å². The molecule has 4 heteroatoms. The van der Waals surface area contributed by atoms with E-state index in [-0.39, 0.29) is 17.1 Å². The van der Waals surface area contributed by atoms with Crippen LogP contribution in [0, 0.1) is 5.82 Å². The van der Waals surface area contributed by atoms with Gasteiger partial charge in [-0.3, -0.25) is 0 Å². The number of aliphatic hydroxyl groups is 1. The van der Waals surface area contributed by atoms with Crippen LogP contribution in [0.1, 0.15) is 26.3 Å². The first kappa shape index (κ1) is 21.0. The number of halogens is 1. The third-order valence-electron chi connectivity index (χ3n) is 5.54. The van der Waals surface area contributed by atoms with Gasteiger partial charge in [0.15, 0.2) is 17.1 Å². The van der Waals surface area contributed by atoms with Gasteiger partial charge in [0.2, 0.25) is 0 Å². The summed E-state index contributed by atoms with van der Waals surface area (Å²) in [5.74, 6) is 0.264. The molecule has 0 aromatic heterocycles. The molecule has 158 valence electrons. The molecular weight excluding hydrogens is 389 g/mol. The van der Waals surface area contributed by atoms with Crippen LogP contribution in [-0.2, 0) is 6.61 Å². The van der Waals surface area contributed by atoms with E-state index in [4.69, 9.17) is 4.84 Å². The van der Waals surface area contributed by atoms with Gasteiger partial charge in [0.25, 0.3) is 0 Å². The van der Waals surface area contributed by atoms with Gasteiger partial charge < -0.3 is 9.94 Å². The zero-order valence-electron chi connectivity index (χ0n) is 18.0. The van der Waals surface area contributed by atoms with Crippen LogP contribution in [0.5, 0.6) is 5.75 Å². The normalized spacial score (nSPS) is 12.2. The van der Waals surface area contributed by atoms with Crippen molar-refractivity contribution >= 4 is 22.1 Å². The molecule has 31 heavy (non-hydrogen) atoms. The van der Waals surface area contributed by atoms with Crippen LogP contribution in [0.25, 0.3) is 10.8 Å². The topological polar surface area (TPSA) is 29.5 Å². The molecule has 3 nitrogen and oxygen atoms in total. The molecule has 0 radical (unpaired) electrons. The summed E-state index contributed by atoms with van der Waals surface area (Å²) in [4.78, 5) is 6.94. The Balaban J connectivity index is 2.03. The van der Waals surface area contributed by atoms with Crippen molar-refractivity contribution in [3.63, 3.8) is 0 Å². The fourth-order valence-corrected chi connectivity index (χ4v) is 4.12. The molecule has 0 unspecified atom stereocenters. The minimum Gasteiger partial charge on any atom is -0.392 e. The maximum Gasteiger partial charge on any atom is 0.199 e. The Morgan fingerprint density at radius 1 is 0.806 bits per heavy atom. The Labute approximate surface area is 182 Å².